The summed E-state index contributed by atoms with van der Waals surface area (Å²) in [5.74, 6) is 0.384. The Labute approximate surface area is 114 Å². The fourth-order valence-corrected chi connectivity index (χ4v) is 1.72. The lowest BCUT2D eigenvalue weighted by Crippen LogP contribution is -2.38. The minimum absolute atomic E-state index is 0.204. The lowest BCUT2D eigenvalue weighted by molar-refractivity contribution is -0.155. The summed E-state index contributed by atoms with van der Waals surface area (Å²) in [6, 6.07) is 8.90. The van der Waals surface area contributed by atoms with Gasteiger partial charge in [-0.2, -0.15) is 0 Å². The van der Waals surface area contributed by atoms with Gasteiger partial charge in [-0.15, -0.1) is 0 Å². The number of ether oxygens (including phenoxy) is 2. The van der Waals surface area contributed by atoms with Crippen LogP contribution < -0.4 is 10.5 Å². The van der Waals surface area contributed by atoms with Gasteiger partial charge in [-0.1, -0.05) is 31.5 Å². The summed E-state index contributed by atoms with van der Waals surface area (Å²) in [4.78, 5) is 11.6. The van der Waals surface area contributed by atoms with Crippen LogP contribution in [-0.2, 0) is 9.53 Å². The molecule has 0 unspecified atom stereocenters. The largest absolute Gasteiger partial charge is 0.487 e. The van der Waals surface area contributed by atoms with Crippen LogP contribution >= 0.6 is 0 Å². The summed E-state index contributed by atoms with van der Waals surface area (Å²) in [5.41, 5.74) is 5.52. The highest BCUT2D eigenvalue weighted by Crippen LogP contribution is 2.16. The minimum Gasteiger partial charge on any atom is -0.487 e. The van der Waals surface area contributed by atoms with Gasteiger partial charge in [0.15, 0.2) is 0 Å². The first-order valence-electron chi connectivity index (χ1n) is 6.72. The van der Waals surface area contributed by atoms with Crippen LogP contribution in [0.4, 0.5) is 0 Å². The van der Waals surface area contributed by atoms with Crippen LogP contribution in [0.2, 0.25) is 0 Å². The predicted octanol–water partition coefficient (Wildman–Crippen LogP) is 2.51. The number of para-hydroxylation sites is 1. The van der Waals surface area contributed by atoms with E-state index >= 15 is 0 Å². The summed E-state index contributed by atoms with van der Waals surface area (Å²) in [6.45, 7) is 5.57. The van der Waals surface area contributed by atoms with Crippen LogP contribution in [0, 0.1) is 0 Å². The molecule has 0 heterocycles. The van der Waals surface area contributed by atoms with E-state index in [9.17, 15) is 4.79 Å². The molecule has 0 bridgehead atoms. The Morgan fingerprint density at radius 3 is 2.42 bits per heavy atom. The van der Waals surface area contributed by atoms with Crippen LogP contribution in [-0.4, -0.2) is 24.2 Å². The van der Waals surface area contributed by atoms with Crippen molar-refractivity contribution in [2.75, 3.05) is 0 Å². The van der Waals surface area contributed by atoms with E-state index in [1.165, 1.54) is 0 Å². The second-order valence-corrected chi connectivity index (χ2v) is 4.69. The van der Waals surface area contributed by atoms with E-state index in [0.717, 1.165) is 18.6 Å². The van der Waals surface area contributed by atoms with Crippen LogP contribution in [0.3, 0.4) is 0 Å². The highest BCUT2D eigenvalue weighted by Gasteiger charge is 2.23. The molecule has 0 spiro atoms. The van der Waals surface area contributed by atoms with Gasteiger partial charge in [0, 0.05) is 0 Å². The van der Waals surface area contributed by atoms with Crippen LogP contribution in [0.25, 0.3) is 0 Å². The van der Waals surface area contributed by atoms with E-state index in [1.54, 1.807) is 6.92 Å². The fraction of sp³-hybridized carbons (Fsp3) is 0.533. The van der Waals surface area contributed by atoms with Gasteiger partial charge in [0.25, 0.3) is 0 Å². The summed E-state index contributed by atoms with van der Waals surface area (Å²) in [6.07, 6.45) is 1.19. The van der Waals surface area contributed by atoms with E-state index in [-0.39, 0.29) is 18.2 Å². The molecular formula is C15H23NO3. The Morgan fingerprint density at radius 1 is 1.26 bits per heavy atom. The molecule has 0 aromatic heterocycles. The molecule has 0 radical (unpaired) electrons. The molecule has 0 aliphatic rings. The van der Waals surface area contributed by atoms with E-state index < -0.39 is 6.04 Å². The van der Waals surface area contributed by atoms with Crippen LogP contribution in [0.1, 0.15) is 33.6 Å². The molecule has 106 valence electrons. The summed E-state index contributed by atoms with van der Waals surface area (Å²) >= 11 is 0. The topological polar surface area (TPSA) is 61.5 Å². The molecule has 0 amide bonds. The number of benzene rings is 1. The average molecular weight is 265 g/mol. The number of carbonyl (C=O) groups excluding carboxylic acids is 1. The van der Waals surface area contributed by atoms with E-state index in [1.807, 2.05) is 44.2 Å². The van der Waals surface area contributed by atoms with Gasteiger partial charge < -0.3 is 15.2 Å². The first-order valence-corrected chi connectivity index (χ1v) is 6.72. The molecule has 0 saturated carbocycles. The molecule has 0 fully saturated rings. The molecule has 1 rings (SSSR count). The zero-order valence-electron chi connectivity index (χ0n) is 11.8. The average Bonchev–Trinajstić information content (AvgIpc) is 2.39. The Bertz CT molecular complexity index is 378. The number of carbonyl (C=O) groups is 1. The van der Waals surface area contributed by atoms with Crippen LogP contribution in [0.15, 0.2) is 30.3 Å². The third-order valence-corrected chi connectivity index (χ3v) is 2.80. The predicted molar refractivity (Wildman–Crippen MR) is 75.0 cm³/mol. The lowest BCUT2D eigenvalue weighted by Gasteiger charge is -2.25. The first-order chi connectivity index (χ1) is 9.04. The number of hydrogen-bond donors (Lipinski definition) is 1. The smallest absolute Gasteiger partial charge is 0.323 e. The maximum atomic E-state index is 11.6. The quantitative estimate of drug-likeness (QED) is 0.769. The van der Waals surface area contributed by atoms with Gasteiger partial charge in [-0.05, 0) is 32.4 Å². The molecule has 3 atom stereocenters. The Balaban J connectivity index is 2.62. The van der Waals surface area contributed by atoms with Crippen molar-refractivity contribution in [1.29, 1.82) is 0 Å². The fourth-order valence-electron chi connectivity index (χ4n) is 1.72. The zero-order chi connectivity index (χ0) is 14.3. The number of nitrogens with two attached hydrogens (primary N) is 1. The molecule has 2 N–H and O–H groups in total. The van der Waals surface area contributed by atoms with Crippen molar-refractivity contribution in [3.8, 4) is 5.75 Å². The molecule has 1 aromatic rings. The second-order valence-electron chi connectivity index (χ2n) is 4.69. The Hall–Kier alpha value is -1.55. The maximum Gasteiger partial charge on any atom is 0.323 e. The summed E-state index contributed by atoms with van der Waals surface area (Å²) in [7, 11) is 0. The van der Waals surface area contributed by atoms with Crippen molar-refractivity contribution in [3.05, 3.63) is 30.3 Å². The van der Waals surface area contributed by atoms with E-state index in [4.69, 9.17) is 15.2 Å². The molecule has 0 aliphatic carbocycles. The SMILES string of the molecule is CCC[C@@H](OC(=O)[C@H](C)N)[C@@H](C)Oc1ccccc1. The van der Waals surface area contributed by atoms with E-state index in [2.05, 4.69) is 0 Å². The maximum absolute atomic E-state index is 11.6. The van der Waals surface area contributed by atoms with Gasteiger partial charge >= 0.3 is 5.97 Å². The minimum atomic E-state index is -0.608. The summed E-state index contributed by atoms with van der Waals surface area (Å²) < 4.78 is 11.2. The van der Waals surface area contributed by atoms with Gasteiger partial charge in [-0.3, -0.25) is 4.79 Å². The standard InChI is InChI=1S/C15H23NO3/c1-4-8-14(19-15(17)11(2)16)12(3)18-13-9-6-5-7-10-13/h5-7,9-12,14H,4,8,16H2,1-3H3/t11-,12+,14+/m0/s1. The molecule has 0 aliphatic heterocycles. The van der Waals surface area contributed by atoms with Crippen molar-refractivity contribution in [3.63, 3.8) is 0 Å². The monoisotopic (exact) mass is 265 g/mol. The van der Waals surface area contributed by atoms with Crippen molar-refractivity contribution >= 4 is 5.97 Å². The molecule has 1 aromatic carbocycles. The van der Waals surface area contributed by atoms with Gasteiger partial charge in [-0.25, -0.2) is 0 Å². The third-order valence-electron chi connectivity index (χ3n) is 2.80. The second kappa shape index (κ2) is 7.79. The number of esters is 1. The van der Waals surface area contributed by atoms with Gasteiger partial charge in [0.1, 0.15) is 24.0 Å². The Kier molecular flexibility index (Phi) is 6.36. The molecule has 4 heteroatoms. The first kappa shape index (κ1) is 15.5. The Morgan fingerprint density at radius 2 is 1.89 bits per heavy atom. The highest BCUT2D eigenvalue weighted by atomic mass is 16.6. The lowest BCUT2D eigenvalue weighted by atomic mass is 10.1. The van der Waals surface area contributed by atoms with E-state index in [0.29, 0.717) is 0 Å². The molecule has 19 heavy (non-hydrogen) atoms. The molecule has 4 nitrogen and oxygen atoms in total. The van der Waals surface area contributed by atoms with Crippen molar-refractivity contribution in [2.24, 2.45) is 5.73 Å². The third kappa shape index (κ3) is 5.30. The molecular weight excluding hydrogens is 242 g/mol. The zero-order valence-corrected chi connectivity index (χ0v) is 11.8. The van der Waals surface area contributed by atoms with Gasteiger partial charge in [0.05, 0.1) is 0 Å². The summed E-state index contributed by atoms with van der Waals surface area (Å²) in [5, 5.41) is 0. The number of rotatable bonds is 7. The number of hydrogen-bond acceptors (Lipinski definition) is 4. The van der Waals surface area contributed by atoms with Crippen molar-refractivity contribution < 1.29 is 14.3 Å². The normalized spacial score (nSPS) is 15.4. The van der Waals surface area contributed by atoms with Crippen molar-refractivity contribution in [1.82, 2.24) is 0 Å². The van der Waals surface area contributed by atoms with Crippen molar-refractivity contribution in [2.45, 2.75) is 51.9 Å². The highest BCUT2D eigenvalue weighted by molar-refractivity contribution is 5.75. The van der Waals surface area contributed by atoms with Crippen LogP contribution in [0.5, 0.6) is 5.75 Å². The van der Waals surface area contributed by atoms with Gasteiger partial charge in [0.2, 0.25) is 0 Å². The molecule has 0 saturated heterocycles.